The van der Waals surface area contributed by atoms with Crippen molar-refractivity contribution in [2.24, 2.45) is 0 Å². The summed E-state index contributed by atoms with van der Waals surface area (Å²) in [6.45, 7) is 0. The van der Waals surface area contributed by atoms with Gasteiger partial charge in [0.15, 0.2) is 12.1 Å². The SMILES string of the molecule is O=CC#Cc1ccncc1F. The Labute approximate surface area is 63.1 Å². The summed E-state index contributed by atoms with van der Waals surface area (Å²) in [5, 5.41) is 0. The Bertz CT molecular complexity index is 324. The van der Waals surface area contributed by atoms with E-state index in [2.05, 4.69) is 16.8 Å². The highest BCUT2D eigenvalue weighted by Crippen LogP contribution is 2.00. The van der Waals surface area contributed by atoms with Crippen LogP contribution in [-0.2, 0) is 4.79 Å². The molecule has 0 unspecified atom stereocenters. The summed E-state index contributed by atoms with van der Waals surface area (Å²) in [7, 11) is 0. The van der Waals surface area contributed by atoms with Crippen LogP contribution < -0.4 is 0 Å². The molecular weight excluding hydrogens is 145 g/mol. The van der Waals surface area contributed by atoms with Crippen molar-refractivity contribution >= 4 is 6.29 Å². The lowest BCUT2D eigenvalue weighted by Crippen LogP contribution is -1.83. The molecule has 1 heterocycles. The Hall–Kier alpha value is -1.69. The van der Waals surface area contributed by atoms with E-state index in [1.54, 1.807) is 0 Å². The summed E-state index contributed by atoms with van der Waals surface area (Å²) in [5.74, 6) is 3.92. The van der Waals surface area contributed by atoms with Crippen molar-refractivity contribution in [1.29, 1.82) is 0 Å². The maximum absolute atomic E-state index is 12.6. The molecule has 54 valence electrons. The third kappa shape index (κ3) is 1.87. The smallest absolute Gasteiger partial charge is 0.193 e. The van der Waals surface area contributed by atoms with Crippen LogP contribution in [0.5, 0.6) is 0 Å². The number of rotatable bonds is 0. The van der Waals surface area contributed by atoms with Gasteiger partial charge >= 0.3 is 0 Å². The fraction of sp³-hybridized carbons (Fsp3) is 0. The predicted molar refractivity (Wildman–Crippen MR) is 37.1 cm³/mol. The van der Waals surface area contributed by atoms with Crippen LogP contribution in [0.1, 0.15) is 5.56 Å². The third-order valence-electron chi connectivity index (χ3n) is 1.04. The average molecular weight is 149 g/mol. The Morgan fingerprint density at radius 2 is 2.45 bits per heavy atom. The van der Waals surface area contributed by atoms with Gasteiger partial charge in [-0.1, -0.05) is 5.92 Å². The van der Waals surface area contributed by atoms with E-state index in [1.807, 2.05) is 0 Å². The van der Waals surface area contributed by atoms with Gasteiger partial charge in [0, 0.05) is 6.20 Å². The zero-order valence-electron chi connectivity index (χ0n) is 5.54. The van der Waals surface area contributed by atoms with Crippen LogP contribution in [-0.4, -0.2) is 11.3 Å². The van der Waals surface area contributed by atoms with Gasteiger partial charge in [0.1, 0.15) is 0 Å². The molecule has 0 radical (unpaired) electrons. The number of halogens is 1. The number of carbonyl (C=O) groups excluding carboxylic acids is 1. The Morgan fingerprint density at radius 3 is 3.09 bits per heavy atom. The minimum atomic E-state index is -0.512. The van der Waals surface area contributed by atoms with E-state index < -0.39 is 5.82 Å². The molecule has 1 rings (SSSR count). The summed E-state index contributed by atoms with van der Waals surface area (Å²) in [5.41, 5.74) is 0.187. The molecule has 11 heavy (non-hydrogen) atoms. The molecule has 0 fully saturated rings. The van der Waals surface area contributed by atoms with Crippen molar-refractivity contribution in [2.75, 3.05) is 0 Å². The molecule has 0 aliphatic heterocycles. The number of aldehydes is 1. The molecule has 0 spiro atoms. The number of pyridine rings is 1. The number of hydrogen-bond donors (Lipinski definition) is 0. The van der Waals surface area contributed by atoms with Crippen LogP contribution >= 0.6 is 0 Å². The topological polar surface area (TPSA) is 30.0 Å². The normalized spacial score (nSPS) is 8.09. The molecule has 2 nitrogen and oxygen atoms in total. The van der Waals surface area contributed by atoms with E-state index >= 15 is 0 Å². The van der Waals surface area contributed by atoms with Crippen molar-refractivity contribution in [3.63, 3.8) is 0 Å². The molecule has 0 aromatic carbocycles. The molecule has 0 N–H and O–H groups in total. The molecule has 1 aromatic rings. The number of aromatic nitrogens is 1. The minimum absolute atomic E-state index is 0.187. The Kier molecular flexibility index (Phi) is 2.34. The van der Waals surface area contributed by atoms with Crippen molar-refractivity contribution in [2.45, 2.75) is 0 Å². The lowest BCUT2D eigenvalue weighted by Gasteiger charge is -1.88. The van der Waals surface area contributed by atoms with Crippen LogP contribution in [0.3, 0.4) is 0 Å². The van der Waals surface area contributed by atoms with Gasteiger partial charge in [-0.05, 0) is 12.0 Å². The van der Waals surface area contributed by atoms with Gasteiger partial charge in [0.2, 0.25) is 0 Å². The second kappa shape index (κ2) is 3.47. The Morgan fingerprint density at radius 1 is 1.64 bits per heavy atom. The van der Waals surface area contributed by atoms with Crippen molar-refractivity contribution in [1.82, 2.24) is 4.98 Å². The van der Waals surface area contributed by atoms with Crippen LogP contribution in [0.25, 0.3) is 0 Å². The van der Waals surface area contributed by atoms with Gasteiger partial charge in [-0.25, -0.2) is 4.39 Å². The highest BCUT2D eigenvalue weighted by atomic mass is 19.1. The van der Waals surface area contributed by atoms with Crippen LogP contribution in [0, 0.1) is 17.7 Å². The largest absolute Gasteiger partial charge is 0.289 e. The van der Waals surface area contributed by atoms with Gasteiger partial charge < -0.3 is 0 Å². The molecule has 3 heteroatoms. The number of nitrogens with zero attached hydrogens (tertiary/aromatic N) is 1. The molecule has 0 aliphatic rings. The first kappa shape index (κ1) is 7.42. The Balaban J connectivity index is 3.03. The van der Waals surface area contributed by atoms with E-state index in [-0.39, 0.29) is 5.56 Å². The first-order valence-corrected chi connectivity index (χ1v) is 2.89. The quantitative estimate of drug-likeness (QED) is 0.403. The lowest BCUT2D eigenvalue weighted by atomic mass is 10.2. The highest BCUT2D eigenvalue weighted by molar-refractivity contribution is 5.73. The summed E-state index contributed by atoms with van der Waals surface area (Å²) in [6.07, 6.45) is 2.88. The highest BCUT2D eigenvalue weighted by Gasteiger charge is 1.94. The van der Waals surface area contributed by atoms with E-state index in [0.29, 0.717) is 6.29 Å². The van der Waals surface area contributed by atoms with Crippen LogP contribution in [0.4, 0.5) is 4.39 Å². The lowest BCUT2D eigenvalue weighted by molar-refractivity contribution is -0.103. The second-order valence-electron chi connectivity index (χ2n) is 1.74. The molecule has 1 aromatic heterocycles. The van der Waals surface area contributed by atoms with Gasteiger partial charge in [-0.15, -0.1) is 0 Å². The van der Waals surface area contributed by atoms with E-state index in [9.17, 15) is 9.18 Å². The van der Waals surface area contributed by atoms with Gasteiger partial charge in [-0.3, -0.25) is 9.78 Å². The summed E-state index contributed by atoms with van der Waals surface area (Å²) >= 11 is 0. The molecule has 0 aliphatic carbocycles. The van der Waals surface area contributed by atoms with Gasteiger partial charge in [0.25, 0.3) is 0 Å². The molecule has 0 bridgehead atoms. The van der Waals surface area contributed by atoms with E-state index in [4.69, 9.17) is 0 Å². The zero-order chi connectivity index (χ0) is 8.10. The number of carbonyl (C=O) groups is 1. The van der Waals surface area contributed by atoms with Crippen molar-refractivity contribution in [3.05, 3.63) is 29.8 Å². The standard InChI is InChI=1S/C8H4FNO/c9-8-6-10-4-3-7(8)2-1-5-11/h3-6H. The van der Waals surface area contributed by atoms with Crippen LogP contribution in [0.15, 0.2) is 18.5 Å². The molecule has 0 amide bonds. The average Bonchev–Trinajstić information content (AvgIpc) is 2.03. The first-order valence-electron chi connectivity index (χ1n) is 2.89. The van der Waals surface area contributed by atoms with Crippen molar-refractivity contribution in [3.8, 4) is 11.8 Å². The summed E-state index contributed by atoms with van der Waals surface area (Å²) < 4.78 is 12.6. The van der Waals surface area contributed by atoms with Gasteiger partial charge in [0.05, 0.1) is 11.8 Å². The van der Waals surface area contributed by atoms with E-state index in [1.165, 1.54) is 12.3 Å². The number of hydrogen-bond acceptors (Lipinski definition) is 2. The second-order valence-corrected chi connectivity index (χ2v) is 1.74. The fourth-order valence-corrected chi connectivity index (χ4v) is 0.584. The maximum atomic E-state index is 12.6. The molecule has 0 saturated carbocycles. The molecular formula is C8H4FNO. The summed E-state index contributed by atoms with van der Waals surface area (Å²) in [4.78, 5) is 13.3. The van der Waals surface area contributed by atoms with E-state index in [0.717, 1.165) is 6.20 Å². The maximum Gasteiger partial charge on any atom is 0.193 e. The minimum Gasteiger partial charge on any atom is -0.289 e. The van der Waals surface area contributed by atoms with Gasteiger partial charge in [-0.2, -0.15) is 0 Å². The third-order valence-corrected chi connectivity index (χ3v) is 1.04. The molecule has 0 saturated heterocycles. The first-order chi connectivity index (χ1) is 5.34. The summed E-state index contributed by atoms with van der Waals surface area (Å²) in [6, 6.07) is 1.41. The zero-order valence-corrected chi connectivity index (χ0v) is 5.54. The fourth-order valence-electron chi connectivity index (χ4n) is 0.584. The van der Waals surface area contributed by atoms with Crippen molar-refractivity contribution < 1.29 is 9.18 Å². The van der Waals surface area contributed by atoms with Crippen LogP contribution in [0.2, 0.25) is 0 Å². The predicted octanol–water partition coefficient (Wildman–Crippen LogP) is 0.771. The molecule has 0 atom stereocenters. The monoisotopic (exact) mass is 149 g/mol.